The highest BCUT2D eigenvalue weighted by atomic mass is 16.5. The molecule has 2 aromatic carbocycles. The predicted molar refractivity (Wildman–Crippen MR) is 116 cm³/mol. The van der Waals surface area contributed by atoms with Gasteiger partial charge in [-0.15, -0.1) is 0 Å². The molecule has 0 saturated carbocycles. The Morgan fingerprint density at radius 3 is 2.50 bits per heavy atom. The third-order valence-electron chi connectivity index (χ3n) is 5.37. The first kappa shape index (κ1) is 19.6. The molecule has 1 N–H and O–H groups in total. The highest BCUT2D eigenvalue weighted by Gasteiger charge is 2.32. The van der Waals surface area contributed by atoms with Crippen molar-refractivity contribution in [2.45, 2.75) is 19.4 Å². The number of fused-ring (bicyclic) bond motifs is 1. The minimum absolute atomic E-state index is 0.152. The fourth-order valence-corrected chi connectivity index (χ4v) is 3.70. The number of nitrogens with zero attached hydrogens (tertiary/aromatic N) is 2. The lowest BCUT2D eigenvalue weighted by molar-refractivity contribution is -0.120. The number of ether oxygens (including phenoxy) is 1. The zero-order valence-corrected chi connectivity index (χ0v) is 17.2. The van der Waals surface area contributed by atoms with Gasteiger partial charge < -0.3 is 15.0 Å². The van der Waals surface area contributed by atoms with Gasteiger partial charge >= 0.3 is 0 Å². The molecule has 0 unspecified atom stereocenters. The van der Waals surface area contributed by atoms with Crippen LogP contribution in [-0.4, -0.2) is 37.0 Å². The SMILES string of the molecule is COc1ccc2c(c1)C(=O)N[C@@H](Cc1ccc(-c3ccnc(C)c3)cc1)C(=O)N2C. The van der Waals surface area contributed by atoms with Gasteiger partial charge in [-0.1, -0.05) is 24.3 Å². The van der Waals surface area contributed by atoms with Crippen LogP contribution in [0, 0.1) is 6.92 Å². The second kappa shape index (κ2) is 7.99. The predicted octanol–water partition coefficient (Wildman–Crippen LogP) is 3.38. The van der Waals surface area contributed by atoms with Crippen LogP contribution >= 0.6 is 0 Å². The Morgan fingerprint density at radius 2 is 1.80 bits per heavy atom. The van der Waals surface area contributed by atoms with E-state index in [-0.39, 0.29) is 11.8 Å². The molecule has 1 aromatic heterocycles. The van der Waals surface area contributed by atoms with E-state index in [0.717, 1.165) is 22.4 Å². The maximum absolute atomic E-state index is 13.0. The molecular formula is C24H23N3O3. The Kier molecular flexibility index (Phi) is 5.23. The Bertz CT molecular complexity index is 1110. The molecule has 30 heavy (non-hydrogen) atoms. The van der Waals surface area contributed by atoms with E-state index < -0.39 is 6.04 Å². The molecule has 0 spiro atoms. The summed E-state index contributed by atoms with van der Waals surface area (Å²) >= 11 is 0. The molecule has 2 heterocycles. The highest BCUT2D eigenvalue weighted by molar-refractivity contribution is 6.11. The number of carbonyl (C=O) groups is 2. The average Bonchev–Trinajstić information content (AvgIpc) is 2.85. The molecular weight excluding hydrogens is 378 g/mol. The third-order valence-corrected chi connectivity index (χ3v) is 5.37. The van der Waals surface area contributed by atoms with Crippen molar-refractivity contribution in [3.8, 4) is 16.9 Å². The number of benzene rings is 2. The molecule has 6 heteroatoms. The maximum Gasteiger partial charge on any atom is 0.254 e. The van der Waals surface area contributed by atoms with Crippen molar-refractivity contribution in [3.05, 3.63) is 77.6 Å². The molecule has 1 aliphatic rings. The van der Waals surface area contributed by atoms with Gasteiger partial charge in [-0.3, -0.25) is 14.6 Å². The van der Waals surface area contributed by atoms with Crippen LogP contribution in [0.25, 0.3) is 11.1 Å². The van der Waals surface area contributed by atoms with Gasteiger partial charge in [0, 0.05) is 25.4 Å². The Hall–Kier alpha value is -3.67. The van der Waals surface area contributed by atoms with E-state index in [0.29, 0.717) is 23.4 Å². The minimum atomic E-state index is -0.644. The average molecular weight is 401 g/mol. The van der Waals surface area contributed by atoms with E-state index >= 15 is 0 Å². The van der Waals surface area contributed by atoms with Crippen LogP contribution in [0.15, 0.2) is 60.8 Å². The molecule has 6 nitrogen and oxygen atoms in total. The van der Waals surface area contributed by atoms with Crippen molar-refractivity contribution in [1.29, 1.82) is 0 Å². The zero-order chi connectivity index (χ0) is 21.3. The van der Waals surface area contributed by atoms with Crippen LogP contribution in [0.3, 0.4) is 0 Å². The van der Waals surface area contributed by atoms with Crippen molar-refractivity contribution < 1.29 is 14.3 Å². The number of hydrogen-bond acceptors (Lipinski definition) is 4. The molecule has 152 valence electrons. The van der Waals surface area contributed by atoms with Crippen molar-refractivity contribution >= 4 is 17.5 Å². The number of aryl methyl sites for hydroxylation is 1. The lowest BCUT2D eigenvalue weighted by Gasteiger charge is -2.21. The molecule has 0 bridgehead atoms. The summed E-state index contributed by atoms with van der Waals surface area (Å²) < 4.78 is 5.22. The van der Waals surface area contributed by atoms with E-state index in [9.17, 15) is 9.59 Å². The van der Waals surface area contributed by atoms with Gasteiger partial charge in [0.2, 0.25) is 5.91 Å². The smallest absolute Gasteiger partial charge is 0.254 e. The van der Waals surface area contributed by atoms with Gasteiger partial charge in [0.15, 0.2) is 0 Å². The Labute approximate surface area is 175 Å². The summed E-state index contributed by atoms with van der Waals surface area (Å²) in [6.45, 7) is 1.96. The van der Waals surface area contributed by atoms with Gasteiger partial charge in [-0.2, -0.15) is 0 Å². The first-order chi connectivity index (χ1) is 14.5. The number of amides is 2. The fourth-order valence-electron chi connectivity index (χ4n) is 3.70. The van der Waals surface area contributed by atoms with Crippen molar-refractivity contribution in [2.75, 3.05) is 19.1 Å². The summed E-state index contributed by atoms with van der Waals surface area (Å²) in [5.41, 5.74) is 5.11. The number of pyridine rings is 1. The summed E-state index contributed by atoms with van der Waals surface area (Å²) in [6.07, 6.45) is 2.20. The lowest BCUT2D eigenvalue weighted by atomic mass is 10.0. The number of likely N-dealkylation sites (N-methyl/N-ethyl adjacent to an activating group) is 1. The monoisotopic (exact) mass is 401 g/mol. The number of aromatic nitrogens is 1. The van der Waals surface area contributed by atoms with Gasteiger partial charge in [0.1, 0.15) is 11.8 Å². The molecule has 0 saturated heterocycles. The number of carbonyl (C=O) groups excluding carboxylic acids is 2. The molecule has 0 aliphatic carbocycles. The number of hydrogen-bond donors (Lipinski definition) is 1. The normalized spacial score (nSPS) is 16.0. The van der Waals surface area contributed by atoms with E-state index in [1.807, 2.05) is 43.3 Å². The first-order valence-corrected chi connectivity index (χ1v) is 9.74. The van der Waals surface area contributed by atoms with E-state index in [1.165, 1.54) is 4.90 Å². The van der Waals surface area contributed by atoms with Gasteiger partial charge in [0.05, 0.1) is 18.4 Å². The standard InChI is InChI=1S/C24H23N3O3/c1-15-12-18(10-11-25-15)17-6-4-16(5-7-17)13-21-24(29)27(2)22-9-8-19(30-3)14-20(22)23(28)26-21/h4-12,14,21H,13H2,1-3H3,(H,26,28)/t21-/m0/s1. The Morgan fingerprint density at radius 1 is 1.03 bits per heavy atom. The number of methoxy groups -OCH3 is 1. The lowest BCUT2D eigenvalue weighted by Crippen LogP contribution is -2.45. The summed E-state index contributed by atoms with van der Waals surface area (Å²) in [5, 5.41) is 2.87. The van der Waals surface area contributed by atoms with E-state index in [1.54, 1.807) is 38.6 Å². The second-order valence-corrected chi connectivity index (χ2v) is 7.39. The van der Waals surface area contributed by atoms with Crippen molar-refractivity contribution in [3.63, 3.8) is 0 Å². The van der Waals surface area contributed by atoms with Crippen LogP contribution in [0.5, 0.6) is 5.75 Å². The second-order valence-electron chi connectivity index (χ2n) is 7.39. The van der Waals surface area contributed by atoms with Crippen LogP contribution in [0.1, 0.15) is 21.6 Å². The largest absolute Gasteiger partial charge is 0.497 e. The summed E-state index contributed by atoms with van der Waals surface area (Å²) in [4.78, 5) is 31.6. The first-order valence-electron chi connectivity index (χ1n) is 9.74. The minimum Gasteiger partial charge on any atom is -0.497 e. The number of anilines is 1. The number of rotatable bonds is 4. The summed E-state index contributed by atoms with van der Waals surface area (Å²) in [5.74, 6) is 0.140. The summed E-state index contributed by atoms with van der Waals surface area (Å²) in [7, 11) is 3.24. The number of nitrogens with one attached hydrogen (secondary N) is 1. The van der Waals surface area contributed by atoms with E-state index in [4.69, 9.17) is 4.74 Å². The quantitative estimate of drug-likeness (QED) is 0.728. The van der Waals surface area contributed by atoms with Gasteiger partial charge in [-0.05, 0) is 53.9 Å². The Balaban J connectivity index is 1.56. The van der Waals surface area contributed by atoms with Crippen LogP contribution in [-0.2, 0) is 11.2 Å². The fraction of sp³-hybridized carbons (Fsp3) is 0.208. The maximum atomic E-state index is 13.0. The summed E-state index contributed by atoms with van der Waals surface area (Å²) in [6, 6.07) is 16.5. The van der Waals surface area contributed by atoms with Gasteiger partial charge in [0.25, 0.3) is 5.91 Å². The molecule has 0 fully saturated rings. The van der Waals surface area contributed by atoms with Crippen molar-refractivity contribution in [2.24, 2.45) is 0 Å². The topological polar surface area (TPSA) is 71.5 Å². The van der Waals surface area contributed by atoms with Gasteiger partial charge in [-0.25, -0.2) is 0 Å². The van der Waals surface area contributed by atoms with Crippen molar-refractivity contribution in [1.82, 2.24) is 10.3 Å². The molecule has 0 radical (unpaired) electrons. The van der Waals surface area contributed by atoms with Crippen LogP contribution < -0.4 is 15.0 Å². The molecule has 1 atom stereocenters. The van der Waals surface area contributed by atoms with Crippen LogP contribution in [0.2, 0.25) is 0 Å². The molecule has 3 aromatic rings. The molecule has 1 aliphatic heterocycles. The van der Waals surface area contributed by atoms with E-state index in [2.05, 4.69) is 10.3 Å². The highest BCUT2D eigenvalue weighted by Crippen LogP contribution is 2.28. The molecule has 2 amide bonds. The molecule has 4 rings (SSSR count). The zero-order valence-electron chi connectivity index (χ0n) is 17.2. The third kappa shape index (κ3) is 3.76. The van der Waals surface area contributed by atoms with Crippen LogP contribution in [0.4, 0.5) is 5.69 Å².